The van der Waals surface area contributed by atoms with Gasteiger partial charge < -0.3 is 4.90 Å². The fourth-order valence-corrected chi connectivity index (χ4v) is 2.41. The normalized spacial score (nSPS) is 25.4. The first-order valence-electron chi connectivity index (χ1n) is 5.81. The van der Waals surface area contributed by atoms with Crippen LogP contribution in [0.4, 0.5) is 0 Å². The second kappa shape index (κ2) is 4.63. The van der Waals surface area contributed by atoms with Gasteiger partial charge in [0, 0.05) is 13.1 Å². The van der Waals surface area contributed by atoms with Gasteiger partial charge in [-0.05, 0) is 18.8 Å². The highest BCUT2D eigenvalue weighted by molar-refractivity contribution is 5.91. The van der Waals surface area contributed by atoms with Crippen LogP contribution in [0, 0.1) is 5.92 Å². The number of aromatic nitrogens is 3. The molecule has 0 saturated heterocycles. The van der Waals surface area contributed by atoms with Crippen molar-refractivity contribution in [3.8, 4) is 0 Å². The molecule has 2 atom stereocenters. The lowest BCUT2D eigenvalue weighted by atomic mass is 9.86. The fourth-order valence-electron chi connectivity index (χ4n) is 2.41. The van der Waals surface area contributed by atoms with Crippen LogP contribution in [0.1, 0.15) is 43.1 Å². The molecule has 1 aromatic rings. The molecule has 1 aromatic heterocycles. The molecule has 16 heavy (non-hydrogen) atoms. The lowest BCUT2D eigenvalue weighted by Crippen LogP contribution is -2.40. The minimum atomic E-state index is -0.0344. The van der Waals surface area contributed by atoms with Crippen LogP contribution in [-0.4, -0.2) is 39.3 Å². The second-order valence-electron chi connectivity index (χ2n) is 4.70. The molecule has 0 bridgehead atoms. The Morgan fingerprint density at radius 2 is 2.38 bits per heavy atom. The molecule has 1 saturated carbocycles. The number of hydrogen-bond donors (Lipinski definition) is 1. The Morgan fingerprint density at radius 1 is 1.56 bits per heavy atom. The first-order valence-corrected chi connectivity index (χ1v) is 5.81. The van der Waals surface area contributed by atoms with Gasteiger partial charge in [0.15, 0.2) is 5.69 Å². The van der Waals surface area contributed by atoms with Crippen molar-refractivity contribution in [3.05, 3.63) is 11.9 Å². The van der Waals surface area contributed by atoms with E-state index in [0.29, 0.717) is 17.7 Å². The predicted octanol–water partition coefficient (Wildman–Crippen LogP) is 1.46. The zero-order chi connectivity index (χ0) is 11.5. The standard InChI is InChI=1S/C11H18N4O/c1-8-4-3-5-9(6-8)15(2)11(16)10-7-12-14-13-10/h7-9H,3-6H2,1-2H3,(H,12,13,14). The molecule has 0 aromatic carbocycles. The minimum Gasteiger partial charge on any atom is -0.337 e. The third-order valence-corrected chi connectivity index (χ3v) is 3.41. The zero-order valence-electron chi connectivity index (χ0n) is 9.81. The first-order chi connectivity index (χ1) is 7.68. The van der Waals surface area contributed by atoms with Crippen molar-refractivity contribution in [2.24, 2.45) is 5.92 Å². The zero-order valence-corrected chi connectivity index (χ0v) is 9.81. The molecule has 2 unspecified atom stereocenters. The Balaban J connectivity index is 2.01. The highest BCUT2D eigenvalue weighted by Gasteiger charge is 2.26. The van der Waals surface area contributed by atoms with E-state index in [1.807, 2.05) is 11.9 Å². The van der Waals surface area contributed by atoms with E-state index in [1.165, 1.54) is 19.0 Å². The van der Waals surface area contributed by atoms with Crippen molar-refractivity contribution in [2.75, 3.05) is 7.05 Å². The van der Waals surface area contributed by atoms with E-state index in [9.17, 15) is 4.79 Å². The second-order valence-corrected chi connectivity index (χ2v) is 4.70. The van der Waals surface area contributed by atoms with Crippen LogP contribution in [-0.2, 0) is 0 Å². The smallest absolute Gasteiger partial charge is 0.276 e. The summed E-state index contributed by atoms with van der Waals surface area (Å²) >= 11 is 0. The van der Waals surface area contributed by atoms with E-state index in [1.54, 1.807) is 0 Å². The Labute approximate surface area is 95.2 Å². The lowest BCUT2D eigenvalue weighted by Gasteiger charge is -2.33. The number of aromatic amines is 1. The highest BCUT2D eigenvalue weighted by atomic mass is 16.2. The molecule has 1 amide bonds. The van der Waals surface area contributed by atoms with Crippen LogP contribution in [0.15, 0.2) is 6.20 Å². The average molecular weight is 222 g/mol. The molecule has 0 aliphatic heterocycles. The molecule has 1 aliphatic rings. The van der Waals surface area contributed by atoms with Gasteiger partial charge in [-0.2, -0.15) is 15.4 Å². The molecular weight excluding hydrogens is 204 g/mol. The summed E-state index contributed by atoms with van der Waals surface area (Å²) in [6.45, 7) is 2.25. The number of carbonyl (C=O) groups excluding carboxylic acids is 1. The summed E-state index contributed by atoms with van der Waals surface area (Å²) < 4.78 is 0. The fraction of sp³-hybridized carbons (Fsp3) is 0.727. The molecule has 2 rings (SSSR count). The number of H-pyrrole nitrogens is 1. The van der Waals surface area contributed by atoms with E-state index < -0.39 is 0 Å². The summed E-state index contributed by atoms with van der Waals surface area (Å²) in [4.78, 5) is 13.8. The van der Waals surface area contributed by atoms with Gasteiger partial charge in [-0.1, -0.05) is 19.8 Å². The molecule has 5 heteroatoms. The average Bonchev–Trinajstić information content (AvgIpc) is 2.80. The van der Waals surface area contributed by atoms with Crippen molar-refractivity contribution >= 4 is 5.91 Å². The molecule has 88 valence electrons. The summed E-state index contributed by atoms with van der Waals surface area (Å²) in [5.41, 5.74) is 0.403. The van der Waals surface area contributed by atoms with Gasteiger partial charge >= 0.3 is 0 Å². The van der Waals surface area contributed by atoms with Crippen molar-refractivity contribution in [1.82, 2.24) is 20.3 Å². The minimum absolute atomic E-state index is 0.0344. The van der Waals surface area contributed by atoms with Gasteiger partial charge in [0.2, 0.25) is 0 Å². The summed E-state index contributed by atoms with van der Waals surface area (Å²) in [5.74, 6) is 0.680. The Morgan fingerprint density at radius 3 is 3.00 bits per heavy atom. The van der Waals surface area contributed by atoms with Crippen LogP contribution in [0.25, 0.3) is 0 Å². The van der Waals surface area contributed by atoms with Gasteiger partial charge in [0.25, 0.3) is 5.91 Å². The van der Waals surface area contributed by atoms with Crippen LogP contribution in [0.3, 0.4) is 0 Å². The first kappa shape index (κ1) is 11.1. The number of rotatable bonds is 2. The van der Waals surface area contributed by atoms with Gasteiger partial charge in [-0.25, -0.2) is 0 Å². The molecular formula is C11H18N4O. The third-order valence-electron chi connectivity index (χ3n) is 3.41. The van der Waals surface area contributed by atoms with E-state index in [-0.39, 0.29) is 5.91 Å². The van der Waals surface area contributed by atoms with Crippen molar-refractivity contribution in [1.29, 1.82) is 0 Å². The summed E-state index contributed by atoms with van der Waals surface area (Å²) in [6, 6.07) is 0.355. The molecule has 1 aliphatic carbocycles. The van der Waals surface area contributed by atoms with E-state index in [0.717, 1.165) is 12.8 Å². The maximum Gasteiger partial charge on any atom is 0.276 e. The van der Waals surface area contributed by atoms with Crippen molar-refractivity contribution < 1.29 is 4.79 Å². The van der Waals surface area contributed by atoms with Gasteiger partial charge in [-0.3, -0.25) is 4.79 Å². The van der Waals surface area contributed by atoms with Gasteiger partial charge in [0.1, 0.15) is 0 Å². The molecule has 1 N–H and O–H groups in total. The number of carbonyl (C=O) groups is 1. The SMILES string of the molecule is CC1CCCC(N(C)C(=O)c2cn[nH]n2)C1. The third kappa shape index (κ3) is 2.23. The van der Waals surface area contributed by atoms with Gasteiger partial charge in [0.05, 0.1) is 6.20 Å². The quantitative estimate of drug-likeness (QED) is 0.824. The Kier molecular flexibility index (Phi) is 3.22. The van der Waals surface area contributed by atoms with Crippen LogP contribution in [0.5, 0.6) is 0 Å². The summed E-state index contributed by atoms with van der Waals surface area (Å²) in [5, 5.41) is 9.96. The molecule has 0 spiro atoms. The molecule has 5 nitrogen and oxygen atoms in total. The largest absolute Gasteiger partial charge is 0.337 e. The van der Waals surface area contributed by atoms with Crippen molar-refractivity contribution in [3.63, 3.8) is 0 Å². The number of amides is 1. The summed E-state index contributed by atoms with van der Waals surface area (Å²) in [6.07, 6.45) is 6.17. The van der Waals surface area contributed by atoms with Crippen LogP contribution in [0.2, 0.25) is 0 Å². The van der Waals surface area contributed by atoms with Crippen molar-refractivity contribution in [2.45, 2.75) is 38.6 Å². The van der Waals surface area contributed by atoms with Crippen LogP contribution < -0.4 is 0 Å². The van der Waals surface area contributed by atoms with Crippen LogP contribution >= 0.6 is 0 Å². The van der Waals surface area contributed by atoms with Gasteiger partial charge in [-0.15, -0.1) is 0 Å². The van der Waals surface area contributed by atoms with E-state index in [2.05, 4.69) is 22.3 Å². The maximum absolute atomic E-state index is 12.0. The topological polar surface area (TPSA) is 61.9 Å². The monoisotopic (exact) mass is 222 g/mol. The number of hydrogen-bond acceptors (Lipinski definition) is 3. The predicted molar refractivity (Wildman–Crippen MR) is 59.9 cm³/mol. The molecule has 0 radical (unpaired) electrons. The van der Waals surface area contributed by atoms with E-state index in [4.69, 9.17) is 0 Å². The maximum atomic E-state index is 12.0. The highest BCUT2D eigenvalue weighted by Crippen LogP contribution is 2.27. The summed E-state index contributed by atoms with van der Waals surface area (Å²) in [7, 11) is 1.86. The molecule has 1 heterocycles. The van der Waals surface area contributed by atoms with E-state index >= 15 is 0 Å². The number of nitrogens with one attached hydrogen (secondary N) is 1. The Hall–Kier alpha value is -1.39. The lowest BCUT2D eigenvalue weighted by molar-refractivity contribution is 0.0666. The Bertz CT molecular complexity index is 349. The number of nitrogens with zero attached hydrogens (tertiary/aromatic N) is 3. The molecule has 1 fully saturated rings.